The summed E-state index contributed by atoms with van der Waals surface area (Å²) < 4.78 is 30.6. The number of hydrogen-bond acceptors (Lipinski definition) is 5. The predicted octanol–water partition coefficient (Wildman–Crippen LogP) is 17.5. The Balaban J connectivity index is 0.000000187. The summed E-state index contributed by atoms with van der Waals surface area (Å²) >= 11 is 7.15. The summed E-state index contributed by atoms with van der Waals surface area (Å²) in [6, 6.07) is 56.4. The minimum absolute atomic E-state index is 0.383. The molecule has 1 aromatic heterocycles. The lowest BCUT2D eigenvalue weighted by Gasteiger charge is -2.32. The number of para-hydroxylation sites is 2. The molecule has 2 fully saturated rings. The summed E-state index contributed by atoms with van der Waals surface area (Å²) in [5.41, 5.74) is 12.6. The number of nitrogens with zero attached hydrogens (tertiary/aromatic N) is 2. The van der Waals surface area contributed by atoms with Crippen LogP contribution in [-0.2, 0) is 31.5 Å². The molecule has 0 aliphatic carbocycles. The van der Waals surface area contributed by atoms with Crippen LogP contribution in [0.2, 0.25) is 0 Å². The third-order valence-corrected chi connectivity index (χ3v) is 17.0. The van der Waals surface area contributed by atoms with Gasteiger partial charge in [-0.2, -0.15) is 0 Å². The topological polar surface area (TPSA) is 45.1 Å². The van der Waals surface area contributed by atoms with E-state index in [1.807, 2.05) is 12.2 Å². The lowest BCUT2D eigenvalue weighted by Crippen LogP contribution is -2.43. The molecule has 8 aromatic rings. The quantitative estimate of drug-likeness (QED) is 0.0516. The Labute approximate surface area is 470 Å². The molecule has 390 valence electrons. The van der Waals surface area contributed by atoms with Crippen LogP contribution in [0.15, 0.2) is 192 Å². The van der Waals surface area contributed by atoms with E-state index in [1.165, 1.54) is 49.7 Å². The van der Waals surface area contributed by atoms with Gasteiger partial charge < -0.3 is 28.1 Å². The van der Waals surface area contributed by atoms with Gasteiger partial charge in [0.1, 0.15) is 0 Å². The SMILES string of the molecule is Brc1ccc(N(c2ccc(Br)cc2)c2ccc(-c3ccc4c(c3)c3ccccc3n4-c3ccccc3)cc2)cc1.C=CCCCCc1cc(B2OC(C)(C)C(C)(C)O2)c(CCCCC=C)cc1B1OC(C)(C)C(C)(C)O1. The van der Waals surface area contributed by atoms with Crippen LogP contribution in [-0.4, -0.2) is 41.2 Å². The van der Waals surface area contributed by atoms with Crippen molar-refractivity contribution in [2.75, 3.05) is 4.90 Å². The number of aryl methyl sites for hydroxylation is 2. The summed E-state index contributed by atoms with van der Waals surface area (Å²) in [5, 5.41) is 2.52. The minimum atomic E-state index is -0.385. The molecule has 3 heterocycles. The van der Waals surface area contributed by atoms with Gasteiger partial charge in [-0.05, 0) is 231 Å². The fourth-order valence-electron chi connectivity index (χ4n) is 10.2. The summed E-state index contributed by atoms with van der Waals surface area (Å²) in [5.74, 6) is 0. The van der Waals surface area contributed by atoms with Crippen LogP contribution in [0.25, 0.3) is 38.6 Å². The highest BCUT2D eigenvalue weighted by Crippen LogP contribution is 2.41. The highest BCUT2D eigenvalue weighted by Gasteiger charge is 2.54. The van der Waals surface area contributed by atoms with Crippen molar-refractivity contribution in [3.8, 4) is 16.8 Å². The Morgan fingerprint density at radius 3 is 1.33 bits per heavy atom. The van der Waals surface area contributed by atoms with Gasteiger partial charge in [-0.1, -0.05) is 111 Å². The van der Waals surface area contributed by atoms with Gasteiger partial charge in [0.2, 0.25) is 0 Å². The van der Waals surface area contributed by atoms with Crippen LogP contribution in [0.5, 0.6) is 0 Å². The first-order valence-electron chi connectivity index (χ1n) is 27.0. The Kier molecular flexibility index (Phi) is 16.9. The predicted molar refractivity (Wildman–Crippen MR) is 330 cm³/mol. The molecule has 2 aliphatic heterocycles. The number of rotatable bonds is 17. The molecule has 0 radical (unpaired) electrons. The number of anilines is 3. The van der Waals surface area contributed by atoms with Crippen molar-refractivity contribution >= 4 is 95.9 Å². The maximum atomic E-state index is 6.53. The zero-order chi connectivity index (χ0) is 53.8. The third-order valence-electron chi connectivity index (χ3n) is 15.9. The van der Waals surface area contributed by atoms with Gasteiger partial charge in [0, 0.05) is 42.5 Å². The van der Waals surface area contributed by atoms with Crippen molar-refractivity contribution in [3.05, 3.63) is 203 Å². The molecule has 6 nitrogen and oxygen atoms in total. The van der Waals surface area contributed by atoms with Crippen molar-refractivity contribution in [1.29, 1.82) is 0 Å². The second-order valence-electron chi connectivity index (χ2n) is 22.3. The average molecular weight is 1140 g/mol. The average Bonchev–Trinajstić information content (AvgIpc) is 4.01. The molecule has 0 N–H and O–H groups in total. The zero-order valence-corrected chi connectivity index (χ0v) is 48.8. The number of hydrogen-bond donors (Lipinski definition) is 0. The number of unbranched alkanes of at least 4 members (excludes halogenated alkanes) is 4. The van der Waals surface area contributed by atoms with E-state index >= 15 is 0 Å². The van der Waals surface area contributed by atoms with Crippen LogP contribution in [0, 0.1) is 0 Å². The molecule has 0 atom stereocenters. The van der Waals surface area contributed by atoms with Crippen molar-refractivity contribution in [1.82, 2.24) is 4.57 Å². The molecule has 0 bridgehead atoms. The summed E-state index contributed by atoms with van der Waals surface area (Å²) in [7, 11) is -0.771. The monoisotopic (exact) mass is 1140 g/mol. The Hall–Kier alpha value is -5.45. The molecule has 7 aromatic carbocycles. The van der Waals surface area contributed by atoms with Gasteiger partial charge in [-0.3, -0.25) is 0 Å². The lowest BCUT2D eigenvalue weighted by molar-refractivity contribution is 0.00578. The molecular formula is C66H72B2Br2N2O4. The van der Waals surface area contributed by atoms with Gasteiger partial charge in [-0.25, -0.2) is 0 Å². The van der Waals surface area contributed by atoms with Crippen LogP contribution >= 0.6 is 31.9 Å². The molecule has 0 saturated carbocycles. The second-order valence-corrected chi connectivity index (χ2v) is 24.1. The van der Waals surface area contributed by atoms with E-state index in [1.54, 1.807) is 0 Å². The summed E-state index contributed by atoms with van der Waals surface area (Å²) in [6.45, 7) is 24.7. The Morgan fingerprint density at radius 2 is 0.868 bits per heavy atom. The third kappa shape index (κ3) is 11.8. The molecule has 10 rings (SSSR count). The fraction of sp³-hybridized carbons (Fsp3) is 0.303. The highest BCUT2D eigenvalue weighted by atomic mass is 79.9. The number of allylic oxidation sites excluding steroid dienone is 2. The molecule has 0 amide bonds. The largest absolute Gasteiger partial charge is 0.495 e. The second kappa shape index (κ2) is 23.3. The molecule has 10 heteroatoms. The zero-order valence-electron chi connectivity index (χ0n) is 45.7. The van der Waals surface area contributed by atoms with Gasteiger partial charge >= 0.3 is 14.2 Å². The van der Waals surface area contributed by atoms with E-state index in [0.29, 0.717) is 0 Å². The molecule has 2 aliphatic rings. The van der Waals surface area contributed by atoms with Crippen molar-refractivity contribution in [2.45, 2.75) is 129 Å². The highest BCUT2D eigenvalue weighted by molar-refractivity contribution is 9.10. The molecule has 76 heavy (non-hydrogen) atoms. The fourth-order valence-corrected chi connectivity index (χ4v) is 10.7. The first kappa shape index (κ1) is 55.3. The van der Waals surface area contributed by atoms with E-state index in [-0.39, 0.29) is 36.6 Å². The van der Waals surface area contributed by atoms with Crippen LogP contribution in [0.1, 0.15) is 105 Å². The van der Waals surface area contributed by atoms with E-state index in [4.69, 9.17) is 18.6 Å². The Bertz CT molecular complexity index is 3140. The molecular weight excluding hydrogens is 1070 g/mol. The number of benzene rings is 7. The first-order chi connectivity index (χ1) is 36.4. The van der Waals surface area contributed by atoms with Crippen molar-refractivity contribution < 1.29 is 18.6 Å². The first-order valence-corrected chi connectivity index (χ1v) is 28.6. The molecule has 2 saturated heterocycles. The number of fused-ring (bicyclic) bond motifs is 3. The van der Waals surface area contributed by atoms with Gasteiger partial charge in [0.15, 0.2) is 0 Å². The smallest absolute Gasteiger partial charge is 0.399 e. The number of halogens is 2. The molecule has 0 spiro atoms. The van der Waals surface area contributed by atoms with Crippen LogP contribution in [0.4, 0.5) is 17.1 Å². The van der Waals surface area contributed by atoms with Crippen LogP contribution in [0.3, 0.4) is 0 Å². The van der Waals surface area contributed by atoms with E-state index in [9.17, 15) is 0 Å². The van der Waals surface area contributed by atoms with Crippen molar-refractivity contribution in [2.24, 2.45) is 0 Å². The maximum absolute atomic E-state index is 6.53. The van der Waals surface area contributed by atoms with Crippen molar-refractivity contribution in [3.63, 3.8) is 0 Å². The van der Waals surface area contributed by atoms with Gasteiger partial charge in [0.25, 0.3) is 0 Å². The van der Waals surface area contributed by atoms with Crippen LogP contribution < -0.4 is 15.8 Å². The van der Waals surface area contributed by atoms with Gasteiger partial charge in [-0.15, -0.1) is 13.2 Å². The summed E-state index contributed by atoms with van der Waals surface area (Å²) in [4.78, 5) is 2.28. The summed E-state index contributed by atoms with van der Waals surface area (Å²) in [6.07, 6.45) is 12.3. The minimum Gasteiger partial charge on any atom is -0.399 e. The van der Waals surface area contributed by atoms with E-state index < -0.39 is 0 Å². The van der Waals surface area contributed by atoms with E-state index in [0.717, 1.165) is 88.3 Å². The normalized spacial score (nSPS) is 16.2. The maximum Gasteiger partial charge on any atom is 0.495 e. The van der Waals surface area contributed by atoms with E-state index in [2.05, 4.69) is 268 Å². The lowest BCUT2D eigenvalue weighted by atomic mass is 9.67. The van der Waals surface area contributed by atoms with Gasteiger partial charge in [0.05, 0.1) is 33.4 Å². The standard InChI is InChI=1S/C36H24Br2N2.C30H48B2O4/c37-27-13-19-31(20-14-27)39(32-21-15-28(38)16-22-32)30-17-10-25(11-18-30)26-12-23-36-34(24-26)33-8-4-5-9-35(33)40(36)29-6-2-1-3-7-29;1-11-13-15-17-19-23-21-26(32-35-29(7,8)30(9,10)36-32)24(20-18-16-14-12-2)22-25(23)31-33-27(3,4)28(5,6)34-31/h1-24H;11-12,21-22H,1-2,13-20H2,3-10H3. The Morgan fingerprint density at radius 1 is 0.461 bits per heavy atom. The number of aromatic nitrogens is 1. The molecule has 0 unspecified atom stereocenters.